The molecule has 0 aliphatic carbocycles. The van der Waals surface area contributed by atoms with Gasteiger partial charge in [-0.2, -0.15) is 0 Å². The molecule has 1 rings (SSSR count). The molecule has 0 spiro atoms. The summed E-state index contributed by atoms with van der Waals surface area (Å²) in [4.78, 5) is 19.6. The van der Waals surface area contributed by atoms with Gasteiger partial charge in [0.1, 0.15) is 5.94 Å². The van der Waals surface area contributed by atoms with E-state index in [0.717, 1.165) is 0 Å². The number of hydrogen-bond donors (Lipinski definition) is 0. The lowest BCUT2D eigenvalue weighted by molar-refractivity contribution is -0.384. The van der Waals surface area contributed by atoms with Crippen LogP contribution in [0.4, 0.5) is 5.69 Å². The Morgan fingerprint density at radius 3 is 2.06 bits per heavy atom. The minimum absolute atomic E-state index is 0.0121. The molecule has 0 fully saturated rings. The van der Waals surface area contributed by atoms with E-state index in [2.05, 4.69) is 9.47 Å². The molecule has 0 saturated heterocycles. The predicted molar refractivity (Wildman–Crippen MR) is 66.7 cm³/mol. The van der Waals surface area contributed by atoms with Crippen molar-refractivity contribution in [2.75, 3.05) is 14.2 Å². The third-order valence-electron chi connectivity index (χ3n) is 1.99. The van der Waals surface area contributed by atoms with E-state index in [4.69, 9.17) is 0 Å². The van der Waals surface area contributed by atoms with Gasteiger partial charge >= 0.3 is 0 Å². The molecule has 0 radical (unpaired) electrons. The Labute approximate surface area is 105 Å². The van der Waals surface area contributed by atoms with E-state index in [1.54, 1.807) is 20.2 Å². The summed E-state index contributed by atoms with van der Waals surface area (Å²) in [5.41, 5.74) is 0.619. The van der Waals surface area contributed by atoms with Crippen LogP contribution in [0.3, 0.4) is 0 Å². The summed E-state index contributed by atoms with van der Waals surface area (Å²) in [6.45, 7) is 1.83. The van der Waals surface area contributed by atoms with Crippen molar-refractivity contribution in [3.8, 4) is 0 Å². The number of ether oxygens (including phenoxy) is 2. The van der Waals surface area contributed by atoms with E-state index in [0.29, 0.717) is 5.56 Å². The molecule has 18 heavy (non-hydrogen) atoms. The van der Waals surface area contributed by atoms with Crippen molar-refractivity contribution < 1.29 is 19.2 Å². The van der Waals surface area contributed by atoms with Crippen LogP contribution in [0, 0.1) is 10.1 Å². The van der Waals surface area contributed by atoms with Gasteiger partial charge in [-0.3, -0.25) is 10.1 Å². The summed E-state index contributed by atoms with van der Waals surface area (Å²) in [6.07, 6.45) is 1.15. The Balaban J connectivity index is 0.000000411. The second-order valence-corrected chi connectivity index (χ2v) is 3.15. The average Bonchev–Trinajstić information content (AvgIpc) is 2.39. The maximum Gasteiger partial charge on any atom is 0.269 e. The van der Waals surface area contributed by atoms with Gasteiger partial charge in [-0.05, 0) is 24.6 Å². The topological polar surface area (TPSA) is 78.7 Å². The van der Waals surface area contributed by atoms with E-state index in [1.807, 2.05) is 6.92 Å². The molecular weight excluding hydrogens is 238 g/mol. The quantitative estimate of drug-likeness (QED) is 0.355. The zero-order valence-corrected chi connectivity index (χ0v) is 10.5. The molecule has 0 aromatic heterocycles. The molecule has 0 saturated carbocycles. The molecule has 1 aromatic carbocycles. The minimum atomic E-state index is -0.492. The first-order chi connectivity index (χ1) is 8.54. The van der Waals surface area contributed by atoms with Crippen molar-refractivity contribution in [1.82, 2.24) is 0 Å². The highest BCUT2D eigenvalue weighted by Crippen LogP contribution is 2.11. The Morgan fingerprint density at radius 2 is 1.78 bits per heavy atom. The van der Waals surface area contributed by atoms with Gasteiger partial charge in [0.05, 0.1) is 4.92 Å². The molecule has 0 heterocycles. The molecule has 6 nitrogen and oxygen atoms in total. The second kappa shape index (κ2) is 9.07. The molecule has 1 aromatic rings. The lowest BCUT2D eigenvalue weighted by atomic mass is 10.2. The van der Waals surface area contributed by atoms with E-state index in [-0.39, 0.29) is 12.0 Å². The van der Waals surface area contributed by atoms with Gasteiger partial charge in [0.2, 0.25) is 0 Å². The fourth-order valence-electron chi connectivity index (χ4n) is 0.857. The monoisotopic (exact) mass is 253 g/mol. The first-order valence-electron chi connectivity index (χ1n) is 5.06. The molecule has 0 atom stereocenters. The fraction of sp³-hybridized carbons (Fsp3) is 0.333. The van der Waals surface area contributed by atoms with E-state index in [1.165, 1.54) is 30.3 Å². The van der Waals surface area contributed by atoms with E-state index < -0.39 is 4.92 Å². The molecule has 6 heteroatoms. The molecule has 98 valence electrons. The number of hydrogen-bond acceptors (Lipinski definition) is 5. The predicted octanol–water partition coefficient (Wildman–Crippen LogP) is 2.06. The number of benzene rings is 1. The SMILES string of the molecule is COC(C)OC.O=C=Cc1ccc([N+](=O)[O-])cc1. The van der Waals surface area contributed by atoms with Crippen LogP contribution in [0.1, 0.15) is 12.5 Å². The number of rotatable bonds is 4. The first kappa shape index (κ1) is 16.0. The summed E-state index contributed by atoms with van der Waals surface area (Å²) in [6, 6.07) is 5.65. The van der Waals surface area contributed by atoms with Crippen LogP contribution in [-0.4, -0.2) is 31.4 Å². The summed E-state index contributed by atoms with van der Waals surface area (Å²) in [5.74, 6) is 1.59. The van der Waals surface area contributed by atoms with Gasteiger partial charge in [0.15, 0.2) is 6.29 Å². The summed E-state index contributed by atoms with van der Waals surface area (Å²) < 4.78 is 9.35. The Bertz CT molecular complexity index is 384. The van der Waals surface area contributed by atoms with E-state index in [9.17, 15) is 14.9 Å². The molecule has 0 amide bonds. The number of methoxy groups -OCH3 is 2. The largest absolute Gasteiger partial charge is 0.356 e. The van der Waals surface area contributed by atoms with Crippen LogP contribution in [0.5, 0.6) is 0 Å². The van der Waals surface area contributed by atoms with Crippen molar-refractivity contribution in [1.29, 1.82) is 0 Å². The van der Waals surface area contributed by atoms with E-state index >= 15 is 0 Å². The maximum atomic E-state index is 10.2. The number of non-ortho nitro benzene ring substituents is 1. The smallest absolute Gasteiger partial charge is 0.269 e. The van der Waals surface area contributed by atoms with Gasteiger partial charge in [0, 0.05) is 32.4 Å². The minimum Gasteiger partial charge on any atom is -0.356 e. The lowest BCUT2D eigenvalue weighted by Gasteiger charge is -2.03. The number of nitro benzene ring substituents is 1. The zero-order chi connectivity index (χ0) is 14.0. The number of nitrogens with zero attached hydrogens (tertiary/aromatic N) is 1. The van der Waals surface area contributed by atoms with Crippen LogP contribution >= 0.6 is 0 Å². The third-order valence-corrected chi connectivity index (χ3v) is 1.99. The molecule has 0 N–H and O–H groups in total. The second-order valence-electron chi connectivity index (χ2n) is 3.15. The van der Waals surface area contributed by atoms with Gasteiger partial charge in [-0.25, -0.2) is 4.79 Å². The molecule has 0 aliphatic rings. The number of nitro groups is 1. The van der Waals surface area contributed by atoms with Crippen LogP contribution < -0.4 is 0 Å². The number of carbonyl (C=O) groups excluding carboxylic acids is 1. The van der Waals surface area contributed by atoms with Crippen molar-refractivity contribution in [3.63, 3.8) is 0 Å². The third kappa shape index (κ3) is 6.55. The summed E-state index contributed by atoms with van der Waals surface area (Å²) in [7, 11) is 3.21. The zero-order valence-electron chi connectivity index (χ0n) is 10.5. The normalized spacial score (nSPS) is 9.11. The molecule has 0 aliphatic heterocycles. The van der Waals surface area contributed by atoms with Crippen molar-refractivity contribution in [2.24, 2.45) is 0 Å². The molecule has 0 unspecified atom stereocenters. The van der Waals surface area contributed by atoms with Gasteiger partial charge in [0.25, 0.3) is 5.69 Å². The van der Waals surface area contributed by atoms with Crippen molar-refractivity contribution in [2.45, 2.75) is 13.2 Å². The Kier molecular flexibility index (Phi) is 8.05. The highest BCUT2D eigenvalue weighted by Gasteiger charge is 2.01. The first-order valence-corrected chi connectivity index (χ1v) is 5.06. The van der Waals surface area contributed by atoms with Crippen LogP contribution in [0.15, 0.2) is 24.3 Å². The highest BCUT2D eigenvalue weighted by atomic mass is 16.7. The standard InChI is InChI=1S/C8H5NO3.C4H10O2/c10-6-5-7-1-3-8(4-2-7)9(11)12;1-4(5-2)6-3/h1-5H;4H,1-3H3. The van der Waals surface area contributed by atoms with Crippen LogP contribution in [0.2, 0.25) is 0 Å². The van der Waals surface area contributed by atoms with Gasteiger partial charge in [-0.1, -0.05) is 0 Å². The summed E-state index contributed by atoms with van der Waals surface area (Å²) >= 11 is 0. The van der Waals surface area contributed by atoms with Gasteiger partial charge in [-0.15, -0.1) is 0 Å². The lowest BCUT2D eigenvalue weighted by Crippen LogP contribution is -2.05. The van der Waals surface area contributed by atoms with Crippen molar-refractivity contribution in [3.05, 3.63) is 39.9 Å². The highest BCUT2D eigenvalue weighted by molar-refractivity contribution is 5.74. The average molecular weight is 253 g/mol. The maximum absolute atomic E-state index is 10.2. The Hall–Kier alpha value is -2.01. The summed E-state index contributed by atoms with van der Waals surface area (Å²) in [5, 5.41) is 10.2. The van der Waals surface area contributed by atoms with Crippen molar-refractivity contribution >= 4 is 17.7 Å². The Morgan fingerprint density at radius 1 is 1.28 bits per heavy atom. The van der Waals surface area contributed by atoms with Crippen LogP contribution in [-0.2, 0) is 14.3 Å². The fourth-order valence-corrected chi connectivity index (χ4v) is 0.857. The molecule has 0 bridgehead atoms. The van der Waals surface area contributed by atoms with Crippen LogP contribution in [0.25, 0.3) is 6.08 Å². The van der Waals surface area contributed by atoms with Gasteiger partial charge < -0.3 is 9.47 Å². The molecular formula is C12H15NO5.